The van der Waals surface area contributed by atoms with Crippen LogP contribution in [0.3, 0.4) is 0 Å². The van der Waals surface area contributed by atoms with Crippen molar-refractivity contribution in [3.63, 3.8) is 0 Å². The van der Waals surface area contributed by atoms with Crippen LogP contribution in [-0.2, 0) is 21.1 Å². The average molecular weight is 439 g/mol. The molecule has 1 amide bonds. The van der Waals surface area contributed by atoms with Crippen molar-refractivity contribution in [3.8, 4) is 0 Å². The maximum absolute atomic E-state index is 14.0. The molecule has 4 rings (SSSR count). The van der Waals surface area contributed by atoms with Gasteiger partial charge in [-0.05, 0) is 23.8 Å². The number of sulfone groups is 1. The maximum atomic E-state index is 14.0. The van der Waals surface area contributed by atoms with E-state index in [1.807, 2.05) is 30.3 Å². The zero-order chi connectivity index (χ0) is 19.9. The molecular formula is C19H16ClFN2O3S2. The Morgan fingerprint density at radius 2 is 1.96 bits per heavy atom. The standard InChI is InChI=1S/C19H16ClFN2O3S2/c20-14-7-6-13(9-15(14)21)23-16-10-28(25,26)11-17(16)27-19(23)22-18(24)8-12-4-2-1-3-5-12/h1-7,9,16-17H,8,10-11H2/t16-,17-/m1/s1. The van der Waals surface area contributed by atoms with Crippen LogP contribution in [0, 0.1) is 5.82 Å². The average Bonchev–Trinajstić information content (AvgIpc) is 3.09. The van der Waals surface area contributed by atoms with E-state index in [0.717, 1.165) is 5.56 Å². The molecule has 0 spiro atoms. The molecule has 2 fully saturated rings. The number of amides is 1. The molecule has 0 aliphatic carbocycles. The molecule has 28 heavy (non-hydrogen) atoms. The molecule has 2 aromatic rings. The van der Waals surface area contributed by atoms with Gasteiger partial charge in [-0.25, -0.2) is 12.8 Å². The van der Waals surface area contributed by atoms with Gasteiger partial charge in [0, 0.05) is 10.9 Å². The number of carbonyl (C=O) groups excluding carboxylic acids is 1. The van der Waals surface area contributed by atoms with E-state index in [1.165, 1.54) is 23.9 Å². The number of amidine groups is 1. The molecule has 2 aliphatic heterocycles. The van der Waals surface area contributed by atoms with Crippen LogP contribution in [0.15, 0.2) is 53.5 Å². The van der Waals surface area contributed by atoms with Crippen molar-refractivity contribution < 1.29 is 17.6 Å². The molecule has 0 radical (unpaired) electrons. The van der Waals surface area contributed by atoms with Crippen LogP contribution in [0.25, 0.3) is 0 Å². The monoisotopic (exact) mass is 438 g/mol. The van der Waals surface area contributed by atoms with Crippen molar-refractivity contribution in [2.24, 2.45) is 4.99 Å². The molecule has 2 aliphatic rings. The fourth-order valence-corrected chi connectivity index (χ4v) is 7.47. The van der Waals surface area contributed by atoms with Gasteiger partial charge >= 0.3 is 0 Å². The number of nitrogens with zero attached hydrogens (tertiary/aromatic N) is 2. The molecule has 0 saturated carbocycles. The minimum absolute atomic E-state index is 0.0147. The second-order valence-electron chi connectivity index (χ2n) is 6.72. The highest BCUT2D eigenvalue weighted by Gasteiger charge is 2.49. The normalized spacial score (nSPS) is 24.5. The number of anilines is 1. The Balaban J connectivity index is 1.67. The van der Waals surface area contributed by atoms with Gasteiger partial charge in [-0.3, -0.25) is 4.79 Å². The highest BCUT2D eigenvalue weighted by Crippen LogP contribution is 2.41. The fraction of sp³-hybridized carbons (Fsp3) is 0.263. The van der Waals surface area contributed by atoms with Gasteiger partial charge in [-0.1, -0.05) is 53.7 Å². The van der Waals surface area contributed by atoms with Crippen LogP contribution in [0.4, 0.5) is 10.1 Å². The second kappa shape index (κ2) is 7.50. The molecule has 146 valence electrons. The Morgan fingerprint density at radius 3 is 2.68 bits per heavy atom. The number of rotatable bonds is 3. The second-order valence-corrected chi connectivity index (χ2v) is 10.5. The number of hydrogen-bond donors (Lipinski definition) is 0. The molecule has 2 saturated heterocycles. The highest BCUT2D eigenvalue weighted by molar-refractivity contribution is 8.16. The summed E-state index contributed by atoms with van der Waals surface area (Å²) in [6, 6.07) is 13.1. The number of halogens is 2. The summed E-state index contributed by atoms with van der Waals surface area (Å²) in [7, 11) is -3.19. The van der Waals surface area contributed by atoms with Crippen LogP contribution in [-0.4, -0.2) is 42.3 Å². The molecule has 2 atom stereocenters. The third-order valence-corrected chi connectivity index (χ3v) is 8.18. The molecule has 0 bridgehead atoms. The summed E-state index contributed by atoms with van der Waals surface area (Å²) in [5, 5.41) is 0.129. The SMILES string of the molecule is O=C(Cc1ccccc1)N=C1S[C@@H]2CS(=O)(=O)C[C@H]2N1c1ccc(Cl)c(F)c1. The first-order valence-corrected chi connectivity index (χ1v) is 11.7. The van der Waals surface area contributed by atoms with E-state index >= 15 is 0 Å². The molecule has 2 heterocycles. The van der Waals surface area contributed by atoms with E-state index in [4.69, 9.17) is 11.6 Å². The smallest absolute Gasteiger partial charge is 0.252 e. The number of hydrogen-bond acceptors (Lipinski definition) is 4. The van der Waals surface area contributed by atoms with Crippen molar-refractivity contribution in [1.29, 1.82) is 0 Å². The van der Waals surface area contributed by atoms with E-state index in [-0.39, 0.29) is 40.1 Å². The van der Waals surface area contributed by atoms with Crippen molar-refractivity contribution in [1.82, 2.24) is 0 Å². The fourth-order valence-electron chi connectivity index (χ4n) is 3.42. The van der Waals surface area contributed by atoms with Crippen molar-refractivity contribution in [2.45, 2.75) is 17.7 Å². The van der Waals surface area contributed by atoms with Crippen LogP contribution in [0.5, 0.6) is 0 Å². The summed E-state index contributed by atoms with van der Waals surface area (Å²) in [6.45, 7) is 0. The maximum Gasteiger partial charge on any atom is 0.252 e. The Kier molecular flexibility index (Phi) is 5.20. The summed E-state index contributed by atoms with van der Waals surface area (Å²) in [6.07, 6.45) is 0.140. The van der Waals surface area contributed by atoms with Gasteiger partial charge in [0.25, 0.3) is 5.91 Å². The van der Waals surface area contributed by atoms with Gasteiger partial charge in [-0.2, -0.15) is 4.99 Å². The minimum atomic E-state index is -3.19. The lowest BCUT2D eigenvalue weighted by molar-refractivity contribution is -0.117. The van der Waals surface area contributed by atoms with Gasteiger partial charge in [0.1, 0.15) is 5.82 Å². The predicted molar refractivity (Wildman–Crippen MR) is 110 cm³/mol. The topological polar surface area (TPSA) is 66.8 Å². The van der Waals surface area contributed by atoms with Crippen LogP contribution >= 0.6 is 23.4 Å². The largest absolute Gasteiger partial charge is 0.315 e. The van der Waals surface area contributed by atoms with Crippen molar-refractivity contribution in [2.75, 3.05) is 16.4 Å². The number of aliphatic imine (C=N–C) groups is 1. The Morgan fingerprint density at radius 1 is 1.21 bits per heavy atom. The molecule has 0 unspecified atom stereocenters. The summed E-state index contributed by atoms with van der Waals surface area (Å²) < 4.78 is 38.2. The first-order valence-electron chi connectivity index (χ1n) is 8.59. The summed E-state index contributed by atoms with van der Waals surface area (Å²) in [5.74, 6) is -0.985. The summed E-state index contributed by atoms with van der Waals surface area (Å²) in [4.78, 5) is 18.4. The molecule has 2 aromatic carbocycles. The highest BCUT2D eigenvalue weighted by atomic mass is 35.5. The molecular weight excluding hydrogens is 423 g/mol. The van der Waals surface area contributed by atoms with E-state index in [1.54, 1.807) is 11.0 Å². The van der Waals surface area contributed by atoms with Crippen LogP contribution in [0.2, 0.25) is 5.02 Å². The first kappa shape index (κ1) is 19.4. The molecule has 0 aromatic heterocycles. The number of thioether (sulfide) groups is 1. The first-order chi connectivity index (χ1) is 13.3. The molecule has 0 N–H and O–H groups in total. The zero-order valence-electron chi connectivity index (χ0n) is 14.6. The van der Waals surface area contributed by atoms with E-state index in [0.29, 0.717) is 10.9 Å². The van der Waals surface area contributed by atoms with Crippen molar-refractivity contribution in [3.05, 3.63) is 64.9 Å². The number of fused-ring (bicyclic) bond motifs is 1. The predicted octanol–water partition coefficient (Wildman–Crippen LogP) is 3.32. The quantitative estimate of drug-likeness (QED) is 0.735. The van der Waals surface area contributed by atoms with Crippen LogP contribution < -0.4 is 4.90 Å². The lowest BCUT2D eigenvalue weighted by atomic mass is 10.1. The van der Waals surface area contributed by atoms with E-state index < -0.39 is 15.7 Å². The summed E-state index contributed by atoms with van der Waals surface area (Å²) >= 11 is 7.03. The van der Waals surface area contributed by atoms with Crippen molar-refractivity contribution >= 4 is 50.0 Å². The lowest BCUT2D eigenvalue weighted by Crippen LogP contribution is -2.37. The van der Waals surface area contributed by atoms with E-state index in [2.05, 4.69) is 4.99 Å². The number of benzene rings is 2. The number of carbonyl (C=O) groups is 1. The van der Waals surface area contributed by atoms with Gasteiger partial charge in [0.05, 0.1) is 29.0 Å². The Hall–Kier alpha value is -1.90. The lowest BCUT2D eigenvalue weighted by Gasteiger charge is -2.24. The Labute approximate surface area is 171 Å². The third kappa shape index (κ3) is 3.94. The van der Waals surface area contributed by atoms with E-state index in [9.17, 15) is 17.6 Å². The minimum Gasteiger partial charge on any atom is -0.315 e. The van der Waals surface area contributed by atoms with Gasteiger partial charge in [-0.15, -0.1) is 0 Å². The zero-order valence-corrected chi connectivity index (χ0v) is 17.0. The van der Waals surface area contributed by atoms with Gasteiger partial charge in [0.15, 0.2) is 15.0 Å². The Bertz CT molecular complexity index is 1060. The van der Waals surface area contributed by atoms with Gasteiger partial charge < -0.3 is 4.90 Å². The van der Waals surface area contributed by atoms with Crippen LogP contribution in [0.1, 0.15) is 5.56 Å². The molecule has 9 heteroatoms. The van der Waals surface area contributed by atoms with Gasteiger partial charge in [0.2, 0.25) is 0 Å². The molecule has 5 nitrogen and oxygen atoms in total. The third-order valence-electron chi connectivity index (χ3n) is 4.67. The summed E-state index contributed by atoms with van der Waals surface area (Å²) in [5.41, 5.74) is 1.27.